The monoisotopic (exact) mass is 482 g/mol. The maximum atomic E-state index is 13.3. The van der Waals surface area contributed by atoms with Gasteiger partial charge in [0.05, 0.1) is 16.0 Å². The van der Waals surface area contributed by atoms with Crippen molar-refractivity contribution in [3.63, 3.8) is 0 Å². The first-order valence-corrected chi connectivity index (χ1v) is 12.8. The van der Waals surface area contributed by atoms with Crippen LogP contribution in [0.4, 0.5) is 0 Å². The van der Waals surface area contributed by atoms with E-state index in [0.29, 0.717) is 16.0 Å². The number of carbonyl (C=O) groups excluding carboxylic acids is 3. The van der Waals surface area contributed by atoms with E-state index in [9.17, 15) is 22.8 Å². The molecule has 3 aromatic rings. The summed E-state index contributed by atoms with van der Waals surface area (Å²) in [6.45, 7) is 1.69. The first kappa shape index (κ1) is 22.9. The molecule has 1 atom stereocenters. The van der Waals surface area contributed by atoms with Crippen LogP contribution in [0.25, 0.3) is 0 Å². The summed E-state index contributed by atoms with van der Waals surface area (Å²) in [5.41, 5.74) is 1.60. The largest absolute Gasteiger partial charge is 0.354 e. The highest BCUT2D eigenvalue weighted by atomic mass is 32.2. The third kappa shape index (κ3) is 4.60. The van der Waals surface area contributed by atoms with Crippen molar-refractivity contribution in [1.82, 2.24) is 10.2 Å². The maximum Gasteiger partial charge on any atom is 0.261 e. The van der Waals surface area contributed by atoms with Gasteiger partial charge in [-0.15, -0.1) is 11.3 Å². The van der Waals surface area contributed by atoms with Gasteiger partial charge in [0.15, 0.2) is 9.84 Å². The number of aryl methyl sites for hydroxylation is 1. The molecule has 9 heteroatoms. The van der Waals surface area contributed by atoms with Crippen molar-refractivity contribution < 1.29 is 22.8 Å². The Morgan fingerprint density at radius 1 is 0.970 bits per heavy atom. The van der Waals surface area contributed by atoms with E-state index in [4.69, 9.17) is 0 Å². The van der Waals surface area contributed by atoms with Gasteiger partial charge in [0.25, 0.3) is 11.8 Å². The van der Waals surface area contributed by atoms with Gasteiger partial charge in [0.2, 0.25) is 5.91 Å². The number of hydrogen-bond donors (Lipinski definition) is 1. The minimum absolute atomic E-state index is 0.0768. The molecular formula is C24H22N2O5S2. The Labute approximate surface area is 196 Å². The standard InChI is InChI=1S/C24H22N2O5S2/c1-16-8-10-17(11-9-16)33(30,31)21(20-7-4-14-32-20)15-25-22(27)12-13-26-23(28)18-5-2-3-6-19(18)24(26)29/h2-11,14,21H,12-13,15H2,1H3,(H,25,27)/t21-/m1/s1. The summed E-state index contributed by atoms with van der Waals surface area (Å²) in [5, 5.41) is 3.52. The molecule has 1 aromatic heterocycles. The number of benzene rings is 2. The molecule has 7 nitrogen and oxygen atoms in total. The van der Waals surface area contributed by atoms with Gasteiger partial charge in [-0.3, -0.25) is 19.3 Å². The van der Waals surface area contributed by atoms with Gasteiger partial charge < -0.3 is 5.32 Å². The van der Waals surface area contributed by atoms with Crippen LogP contribution in [0.1, 0.15) is 42.8 Å². The quantitative estimate of drug-likeness (QED) is 0.496. The number of nitrogens with zero attached hydrogens (tertiary/aromatic N) is 1. The number of fused-ring (bicyclic) bond motifs is 1. The molecule has 0 aliphatic carbocycles. The summed E-state index contributed by atoms with van der Waals surface area (Å²) in [5.74, 6) is -1.30. The van der Waals surface area contributed by atoms with Gasteiger partial charge in [-0.2, -0.15) is 0 Å². The van der Waals surface area contributed by atoms with E-state index in [0.717, 1.165) is 10.5 Å². The molecule has 1 aliphatic heterocycles. The maximum absolute atomic E-state index is 13.3. The molecule has 1 N–H and O–H groups in total. The number of rotatable bonds is 8. The number of nitrogens with one attached hydrogen (secondary N) is 1. The normalized spacial score (nSPS) is 14.3. The lowest BCUT2D eigenvalue weighted by molar-refractivity contribution is -0.121. The van der Waals surface area contributed by atoms with Gasteiger partial charge in [-0.1, -0.05) is 35.9 Å². The van der Waals surface area contributed by atoms with Crippen LogP contribution < -0.4 is 5.32 Å². The zero-order valence-corrected chi connectivity index (χ0v) is 19.5. The van der Waals surface area contributed by atoms with E-state index in [2.05, 4.69) is 5.32 Å². The Hall–Kier alpha value is -3.30. The summed E-state index contributed by atoms with van der Waals surface area (Å²) in [6.07, 6.45) is -0.118. The average molecular weight is 483 g/mol. The van der Waals surface area contributed by atoms with Gasteiger partial charge in [-0.25, -0.2) is 8.42 Å². The highest BCUT2D eigenvalue weighted by Crippen LogP contribution is 2.31. The molecule has 33 heavy (non-hydrogen) atoms. The van der Waals surface area contributed by atoms with Crippen LogP contribution in [-0.2, 0) is 14.6 Å². The predicted molar refractivity (Wildman–Crippen MR) is 125 cm³/mol. The number of amides is 3. The van der Waals surface area contributed by atoms with E-state index < -0.39 is 32.8 Å². The van der Waals surface area contributed by atoms with Crippen LogP contribution in [0, 0.1) is 6.92 Å². The van der Waals surface area contributed by atoms with E-state index in [1.54, 1.807) is 66.0 Å². The highest BCUT2D eigenvalue weighted by molar-refractivity contribution is 7.91. The molecule has 0 saturated carbocycles. The molecule has 0 saturated heterocycles. The lowest BCUT2D eigenvalue weighted by Gasteiger charge is -2.18. The SMILES string of the molecule is Cc1ccc(S(=O)(=O)[C@H](CNC(=O)CCN2C(=O)c3ccccc3C2=O)c2cccs2)cc1. The Morgan fingerprint density at radius 2 is 1.61 bits per heavy atom. The van der Waals surface area contributed by atoms with Gasteiger partial charge in [-0.05, 0) is 42.6 Å². The summed E-state index contributed by atoms with van der Waals surface area (Å²) < 4.78 is 26.6. The fourth-order valence-corrected chi connectivity index (χ4v) is 6.46. The highest BCUT2D eigenvalue weighted by Gasteiger charge is 2.35. The van der Waals surface area contributed by atoms with Crippen LogP contribution in [0.5, 0.6) is 0 Å². The van der Waals surface area contributed by atoms with Crippen molar-refractivity contribution in [2.45, 2.75) is 23.5 Å². The molecule has 0 radical (unpaired) electrons. The minimum atomic E-state index is -3.74. The second-order valence-electron chi connectivity index (χ2n) is 7.72. The molecule has 0 unspecified atom stereocenters. The number of sulfone groups is 1. The summed E-state index contributed by atoms with van der Waals surface area (Å²) in [6, 6.07) is 16.6. The van der Waals surface area contributed by atoms with E-state index in [-0.39, 0.29) is 24.4 Å². The Kier molecular flexibility index (Phi) is 6.44. The molecule has 0 bridgehead atoms. The third-order valence-electron chi connectivity index (χ3n) is 5.51. The van der Waals surface area contributed by atoms with Gasteiger partial charge >= 0.3 is 0 Å². The van der Waals surface area contributed by atoms with Crippen molar-refractivity contribution >= 4 is 38.9 Å². The first-order chi connectivity index (χ1) is 15.8. The number of carbonyl (C=O) groups is 3. The second kappa shape index (κ2) is 9.29. The topological polar surface area (TPSA) is 101 Å². The Bertz CT molecular complexity index is 1260. The lowest BCUT2D eigenvalue weighted by atomic mass is 10.1. The van der Waals surface area contributed by atoms with Crippen molar-refractivity contribution in [2.75, 3.05) is 13.1 Å². The van der Waals surface area contributed by atoms with Crippen LogP contribution in [0.3, 0.4) is 0 Å². The molecule has 0 fully saturated rings. The Morgan fingerprint density at radius 3 is 2.18 bits per heavy atom. The molecule has 0 spiro atoms. The van der Waals surface area contributed by atoms with Crippen LogP contribution in [0.2, 0.25) is 0 Å². The van der Waals surface area contributed by atoms with Crippen molar-refractivity contribution in [2.24, 2.45) is 0 Å². The number of thiophene rings is 1. The minimum Gasteiger partial charge on any atom is -0.354 e. The first-order valence-electron chi connectivity index (χ1n) is 10.3. The number of hydrogen-bond acceptors (Lipinski definition) is 6. The zero-order chi connectivity index (χ0) is 23.6. The molecular weight excluding hydrogens is 460 g/mol. The Balaban J connectivity index is 1.43. The lowest BCUT2D eigenvalue weighted by Crippen LogP contribution is -2.36. The van der Waals surface area contributed by atoms with E-state index >= 15 is 0 Å². The summed E-state index contributed by atoms with van der Waals surface area (Å²) >= 11 is 1.31. The summed E-state index contributed by atoms with van der Waals surface area (Å²) in [7, 11) is -3.74. The summed E-state index contributed by atoms with van der Waals surface area (Å²) in [4.78, 5) is 39.3. The van der Waals surface area contributed by atoms with E-state index in [1.807, 2.05) is 6.92 Å². The van der Waals surface area contributed by atoms with E-state index in [1.165, 1.54) is 11.3 Å². The third-order valence-corrected chi connectivity index (χ3v) is 8.74. The molecule has 2 aromatic carbocycles. The van der Waals surface area contributed by atoms with Crippen LogP contribution in [0.15, 0.2) is 70.9 Å². The molecule has 1 aliphatic rings. The van der Waals surface area contributed by atoms with Gasteiger partial charge in [0, 0.05) is 24.4 Å². The fourth-order valence-electron chi connectivity index (χ4n) is 3.68. The zero-order valence-electron chi connectivity index (χ0n) is 17.9. The average Bonchev–Trinajstić information content (AvgIpc) is 3.41. The second-order valence-corrected chi connectivity index (χ2v) is 10.8. The predicted octanol–water partition coefficient (Wildman–Crippen LogP) is 3.37. The molecule has 4 rings (SSSR count). The fraction of sp³-hybridized carbons (Fsp3) is 0.208. The van der Waals surface area contributed by atoms with Crippen molar-refractivity contribution in [3.05, 3.63) is 87.6 Å². The van der Waals surface area contributed by atoms with Crippen molar-refractivity contribution in [3.8, 4) is 0 Å². The molecule has 170 valence electrons. The van der Waals surface area contributed by atoms with Gasteiger partial charge in [0.1, 0.15) is 5.25 Å². The number of imide groups is 1. The smallest absolute Gasteiger partial charge is 0.261 e. The molecule has 2 heterocycles. The van der Waals surface area contributed by atoms with Crippen molar-refractivity contribution in [1.29, 1.82) is 0 Å². The molecule has 3 amide bonds. The van der Waals surface area contributed by atoms with Crippen LogP contribution in [-0.4, -0.2) is 44.1 Å². The van der Waals surface area contributed by atoms with Crippen LogP contribution >= 0.6 is 11.3 Å².